The van der Waals surface area contributed by atoms with Gasteiger partial charge in [-0.3, -0.25) is 0 Å². The van der Waals surface area contributed by atoms with Crippen LogP contribution in [0.3, 0.4) is 0 Å². The van der Waals surface area contributed by atoms with Gasteiger partial charge < -0.3 is 5.11 Å². The van der Waals surface area contributed by atoms with Crippen molar-refractivity contribution in [1.82, 2.24) is 0 Å². The Balaban J connectivity index is 3.27. The van der Waals surface area contributed by atoms with Gasteiger partial charge in [-0.1, -0.05) is 23.2 Å². The van der Waals surface area contributed by atoms with Crippen LogP contribution in [0.4, 0.5) is 0 Å². The maximum absolute atomic E-state index is 10.6. The van der Waals surface area contributed by atoms with Gasteiger partial charge in [0, 0.05) is 21.2 Å². The lowest BCUT2D eigenvalue weighted by Gasteiger charge is -2.04. The molecule has 0 unspecified atom stereocenters. The summed E-state index contributed by atoms with van der Waals surface area (Å²) in [7, 11) is 0. The summed E-state index contributed by atoms with van der Waals surface area (Å²) in [5, 5.41) is 9.64. The van der Waals surface area contributed by atoms with Gasteiger partial charge in [0.05, 0.1) is 0 Å². The van der Waals surface area contributed by atoms with Crippen LogP contribution >= 0.6 is 23.2 Å². The summed E-state index contributed by atoms with van der Waals surface area (Å²) in [5.41, 5.74) is 1.68. The van der Waals surface area contributed by atoms with Crippen LogP contribution in [0.5, 0.6) is 0 Å². The van der Waals surface area contributed by atoms with Crippen LogP contribution in [0.15, 0.2) is 17.7 Å². The SMILES string of the molecule is C/C(=C\c1c(Cl)cc(C)cc1Cl)C(=O)O. The van der Waals surface area contributed by atoms with E-state index >= 15 is 0 Å². The zero-order chi connectivity index (χ0) is 11.6. The number of carboxylic acids is 1. The highest BCUT2D eigenvalue weighted by molar-refractivity contribution is 6.37. The maximum atomic E-state index is 10.6. The van der Waals surface area contributed by atoms with Crippen molar-refractivity contribution in [3.63, 3.8) is 0 Å². The number of carboxylic acid groups (broad SMARTS) is 1. The van der Waals surface area contributed by atoms with Crippen LogP contribution in [-0.2, 0) is 4.79 Å². The molecule has 0 saturated heterocycles. The fourth-order valence-corrected chi connectivity index (χ4v) is 1.83. The normalized spacial score (nSPS) is 11.6. The van der Waals surface area contributed by atoms with Crippen molar-refractivity contribution in [1.29, 1.82) is 0 Å². The average Bonchev–Trinajstić information content (AvgIpc) is 2.10. The molecule has 0 amide bonds. The highest BCUT2D eigenvalue weighted by atomic mass is 35.5. The minimum atomic E-state index is -0.984. The van der Waals surface area contributed by atoms with E-state index in [4.69, 9.17) is 28.3 Å². The lowest BCUT2D eigenvalue weighted by molar-refractivity contribution is -0.132. The number of hydrogen-bond donors (Lipinski definition) is 1. The molecule has 1 aromatic carbocycles. The van der Waals surface area contributed by atoms with E-state index in [1.165, 1.54) is 13.0 Å². The standard InChI is InChI=1S/C11H10Cl2O2/c1-6-3-9(12)8(10(13)4-6)5-7(2)11(14)15/h3-5H,1-2H3,(H,14,15)/b7-5+. The molecule has 4 heteroatoms. The summed E-state index contributed by atoms with van der Waals surface area (Å²) >= 11 is 11.9. The van der Waals surface area contributed by atoms with Crippen molar-refractivity contribution < 1.29 is 9.90 Å². The zero-order valence-electron chi connectivity index (χ0n) is 8.34. The van der Waals surface area contributed by atoms with Gasteiger partial charge in [-0.2, -0.15) is 0 Å². The van der Waals surface area contributed by atoms with Crippen molar-refractivity contribution in [2.24, 2.45) is 0 Å². The van der Waals surface area contributed by atoms with E-state index in [1.807, 2.05) is 6.92 Å². The van der Waals surface area contributed by atoms with Crippen LogP contribution in [0.2, 0.25) is 10.0 Å². The number of aryl methyl sites for hydroxylation is 1. The van der Waals surface area contributed by atoms with Gasteiger partial charge in [-0.25, -0.2) is 4.79 Å². The molecular weight excluding hydrogens is 235 g/mol. The summed E-state index contributed by atoms with van der Waals surface area (Å²) in [5.74, 6) is -0.984. The second kappa shape index (κ2) is 4.69. The lowest BCUT2D eigenvalue weighted by Crippen LogP contribution is -1.96. The van der Waals surface area contributed by atoms with Crippen molar-refractivity contribution in [3.8, 4) is 0 Å². The predicted molar refractivity (Wildman–Crippen MR) is 62.5 cm³/mol. The van der Waals surface area contributed by atoms with Gasteiger partial charge in [0.15, 0.2) is 0 Å². The smallest absolute Gasteiger partial charge is 0.331 e. The first-order valence-corrected chi connectivity index (χ1v) is 5.04. The van der Waals surface area contributed by atoms with Crippen LogP contribution in [0.1, 0.15) is 18.1 Å². The van der Waals surface area contributed by atoms with Gasteiger partial charge in [0.25, 0.3) is 0 Å². The first-order valence-electron chi connectivity index (χ1n) is 4.29. The molecule has 0 saturated carbocycles. The number of hydrogen-bond acceptors (Lipinski definition) is 1. The topological polar surface area (TPSA) is 37.3 Å². The van der Waals surface area contributed by atoms with E-state index < -0.39 is 5.97 Å². The van der Waals surface area contributed by atoms with Gasteiger partial charge in [-0.15, -0.1) is 0 Å². The second-order valence-corrected chi connectivity index (χ2v) is 4.09. The first-order chi connectivity index (χ1) is 6.91. The maximum Gasteiger partial charge on any atom is 0.331 e. The Labute approximate surface area is 98.1 Å². The van der Waals surface area contributed by atoms with Crippen LogP contribution in [0.25, 0.3) is 6.08 Å². The van der Waals surface area contributed by atoms with Crippen LogP contribution in [0, 0.1) is 6.92 Å². The second-order valence-electron chi connectivity index (χ2n) is 3.27. The van der Waals surface area contributed by atoms with E-state index in [0.29, 0.717) is 15.6 Å². The third-order valence-electron chi connectivity index (χ3n) is 1.92. The van der Waals surface area contributed by atoms with Crippen molar-refractivity contribution in [3.05, 3.63) is 38.9 Å². The third kappa shape index (κ3) is 2.98. The molecule has 1 N–H and O–H groups in total. The monoisotopic (exact) mass is 244 g/mol. The molecule has 0 spiro atoms. The molecule has 1 aromatic rings. The quantitative estimate of drug-likeness (QED) is 0.805. The summed E-state index contributed by atoms with van der Waals surface area (Å²) in [6, 6.07) is 3.49. The van der Waals surface area contributed by atoms with E-state index in [1.54, 1.807) is 12.1 Å². The van der Waals surface area contributed by atoms with Gasteiger partial charge in [0.2, 0.25) is 0 Å². The highest BCUT2D eigenvalue weighted by Crippen LogP contribution is 2.28. The Hall–Kier alpha value is -0.990. The Morgan fingerprint density at radius 1 is 1.33 bits per heavy atom. The van der Waals surface area contributed by atoms with E-state index in [9.17, 15) is 4.79 Å². The minimum absolute atomic E-state index is 0.197. The molecule has 0 aliphatic heterocycles. The molecule has 15 heavy (non-hydrogen) atoms. The molecule has 0 bridgehead atoms. The molecule has 0 atom stereocenters. The number of benzene rings is 1. The molecule has 80 valence electrons. The lowest BCUT2D eigenvalue weighted by atomic mass is 10.1. The van der Waals surface area contributed by atoms with Gasteiger partial charge in [-0.05, 0) is 37.6 Å². The molecular formula is C11H10Cl2O2. The molecule has 0 fully saturated rings. The molecule has 0 aromatic heterocycles. The zero-order valence-corrected chi connectivity index (χ0v) is 9.86. The first kappa shape index (κ1) is 12.1. The van der Waals surface area contributed by atoms with Crippen molar-refractivity contribution in [2.75, 3.05) is 0 Å². The summed E-state index contributed by atoms with van der Waals surface area (Å²) in [6.45, 7) is 3.37. The van der Waals surface area contributed by atoms with E-state index in [2.05, 4.69) is 0 Å². The van der Waals surface area contributed by atoms with Crippen molar-refractivity contribution >= 4 is 35.2 Å². The Kier molecular flexibility index (Phi) is 3.77. The summed E-state index contributed by atoms with van der Waals surface area (Å²) in [4.78, 5) is 10.6. The van der Waals surface area contributed by atoms with Crippen LogP contribution < -0.4 is 0 Å². The minimum Gasteiger partial charge on any atom is -0.478 e. The molecule has 1 rings (SSSR count). The van der Waals surface area contributed by atoms with E-state index in [-0.39, 0.29) is 5.57 Å². The molecule has 0 aliphatic rings. The average molecular weight is 245 g/mol. The molecule has 2 nitrogen and oxygen atoms in total. The fourth-order valence-electron chi connectivity index (χ4n) is 1.13. The summed E-state index contributed by atoms with van der Waals surface area (Å²) < 4.78 is 0. The van der Waals surface area contributed by atoms with Gasteiger partial charge in [0.1, 0.15) is 0 Å². The highest BCUT2D eigenvalue weighted by Gasteiger charge is 2.07. The van der Waals surface area contributed by atoms with Crippen LogP contribution in [-0.4, -0.2) is 11.1 Å². The molecule has 0 radical (unpaired) electrons. The molecule has 0 heterocycles. The van der Waals surface area contributed by atoms with Crippen molar-refractivity contribution in [2.45, 2.75) is 13.8 Å². The largest absolute Gasteiger partial charge is 0.478 e. The van der Waals surface area contributed by atoms with E-state index in [0.717, 1.165) is 5.56 Å². The Morgan fingerprint density at radius 2 is 1.80 bits per heavy atom. The fraction of sp³-hybridized carbons (Fsp3) is 0.182. The number of rotatable bonds is 2. The summed E-state index contributed by atoms with van der Waals surface area (Å²) in [6.07, 6.45) is 1.46. The number of halogens is 2. The third-order valence-corrected chi connectivity index (χ3v) is 2.55. The predicted octanol–water partition coefficient (Wildman–Crippen LogP) is 3.79. The van der Waals surface area contributed by atoms with Gasteiger partial charge >= 0.3 is 5.97 Å². The Bertz CT molecular complexity index is 413. The number of carbonyl (C=O) groups is 1. The molecule has 0 aliphatic carbocycles. The Morgan fingerprint density at radius 3 is 2.20 bits per heavy atom. The number of aliphatic carboxylic acids is 1.